The molecule has 0 saturated carbocycles. The van der Waals surface area contributed by atoms with Crippen LogP contribution >= 0.6 is 0 Å². The largest absolute Gasteiger partial charge is 0.416 e. The molecule has 2 rings (SSSR count). The van der Waals surface area contributed by atoms with Gasteiger partial charge in [0.2, 0.25) is 0 Å². The maximum Gasteiger partial charge on any atom is 0.416 e. The molecule has 0 radical (unpaired) electrons. The quantitative estimate of drug-likeness (QED) is 0.725. The van der Waals surface area contributed by atoms with E-state index in [1.165, 1.54) is 18.4 Å². The zero-order valence-electron chi connectivity index (χ0n) is 6.58. The third kappa shape index (κ3) is 1.51. The Kier molecular flexibility index (Phi) is 1.73. The van der Waals surface area contributed by atoms with Crippen molar-refractivity contribution in [3.8, 4) is 11.3 Å². The predicted octanol–water partition coefficient (Wildman–Crippen LogP) is 1.77. The normalized spacial score (nSPS) is 10.2. The average Bonchev–Trinajstić information content (AvgIpc) is 2.53. The second kappa shape index (κ2) is 2.90. The van der Waals surface area contributed by atoms with E-state index in [4.69, 9.17) is 0 Å². The van der Waals surface area contributed by atoms with Gasteiger partial charge in [-0.3, -0.25) is 4.98 Å². The van der Waals surface area contributed by atoms with E-state index in [1.807, 2.05) is 0 Å². The number of benzene rings is 1. The first-order chi connectivity index (χ1) is 6.25. The summed E-state index contributed by atoms with van der Waals surface area (Å²) in [5.41, 5.74) is 1.26. The molecule has 0 unspecified atom stereocenters. The fraction of sp³-hybridized carbons (Fsp3) is 0. The Morgan fingerprint density at radius 1 is 1.23 bits per heavy atom. The first-order valence-corrected chi connectivity index (χ1v) is 3.69. The highest BCUT2D eigenvalue weighted by atomic mass is 19.1. The van der Waals surface area contributed by atoms with Crippen LogP contribution in [0.3, 0.4) is 0 Å². The first kappa shape index (κ1) is 7.79. The van der Waals surface area contributed by atoms with Crippen LogP contribution in [0.25, 0.3) is 11.3 Å². The average molecular weight is 179 g/mol. The minimum Gasteiger partial charge on any atom is -0.416 e. The van der Waals surface area contributed by atoms with Gasteiger partial charge in [0.05, 0.1) is 5.69 Å². The van der Waals surface area contributed by atoms with Crippen molar-refractivity contribution in [2.75, 3.05) is 0 Å². The van der Waals surface area contributed by atoms with E-state index in [0.29, 0.717) is 11.3 Å². The van der Waals surface area contributed by atoms with Crippen LogP contribution in [0.15, 0.2) is 39.7 Å². The lowest BCUT2D eigenvalue weighted by atomic mass is 10.2. The van der Waals surface area contributed by atoms with Gasteiger partial charge in [0.25, 0.3) is 0 Å². The Hall–Kier alpha value is -1.84. The molecule has 0 fully saturated rings. The van der Waals surface area contributed by atoms with Crippen molar-refractivity contribution in [1.29, 1.82) is 0 Å². The molecule has 66 valence electrons. The highest BCUT2D eigenvalue weighted by Gasteiger charge is 2.00. The summed E-state index contributed by atoms with van der Waals surface area (Å²) in [4.78, 5) is 13.1. The van der Waals surface area contributed by atoms with Gasteiger partial charge in [0, 0.05) is 5.56 Å². The van der Waals surface area contributed by atoms with Gasteiger partial charge in [-0.1, -0.05) is 0 Å². The number of rotatable bonds is 1. The van der Waals surface area contributed by atoms with Gasteiger partial charge in [0.1, 0.15) is 12.1 Å². The van der Waals surface area contributed by atoms with E-state index in [-0.39, 0.29) is 5.82 Å². The molecule has 3 nitrogen and oxygen atoms in total. The molecule has 0 bridgehead atoms. The summed E-state index contributed by atoms with van der Waals surface area (Å²) in [7, 11) is 0. The van der Waals surface area contributed by atoms with E-state index >= 15 is 0 Å². The molecule has 0 amide bonds. The van der Waals surface area contributed by atoms with Crippen molar-refractivity contribution in [2.45, 2.75) is 0 Å². The molecule has 13 heavy (non-hydrogen) atoms. The molecule has 0 atom stereocenters. The van der Waals surface area contributed by atoms with Gasteiger partial charge in [-0.2, -0.15) is 0 Å². The van der Waals surface area contributed by atoms with Gasteiger partial charge in [-0.05, 0) is 24.3 Å². The second-order valence-electron chi connectivity index (χ2n) is 2.57. The molecule has 1 heterocycles. The topological polar surface area (TPSA) is 46.0 Å². The zero-order valence-corrected chi connectivity index (χ0v) is 6.58. The standard InChI is InChI=1S/C9H6FNO2/c10-7-3-1-6(2-4-7)8-5-13-9(12)11-8/h1-5H,(H,11,12). The van der Waals surface area contributed by atoms with Crippen molar-refractivity contribution >= 4 is 0 Å². The number of oxazole rings is 1. The number of hydrogen-bond donors (Lipinski definition) is 1. The molecule has 0 aliphatic carbocycles. The number of aromatic amines is 1. The van der Waals surface area contributed by atoms with Gasteiger partial charge >= 0.3 is 5.76 Å². The SMILES string of the molecule is O=c1[nH]c(-c2ccc(F)cc2)co1. The van der Waals surface area contributed by atoms with Crippen LogP contribution in [0.5, 0.6) is 0 Å². The predicted molar refractivity (Wildman–Crippen MR) is 44.7 cm³/mol. The molecule has 0 saturated heterocycles. The number of H-pyrrole nitrogens is 1. The molecular weight excluding hydrogens is 173 g/mol. The summed E-state index contributed by atoms with van der Waals surface area (Å²) < 4.78 is 17.1. The minimum absolute atomic E-state index is 0.311. The monoisotopic (exact) mass is 179 g/mol. The van der Waals surface area contributed by atoms with Gasteiger partial charge < -0.3 is 4.42 Å². The summed E-state index contributed by atoms with van der Waals surface area (Å²) in [6.45, 7) is 0. The van der Waals surface area contributed by atoms with Crippen molar-refractivity contribution in [3.63, 3.8) is 0 Å². The van der Waals surface area contributed by atoms with E-state index in [1.54, 1.807) is 12.1 Å². The summed E-state index contributed by atoms with van der Waals surface area (Å²) in [5.74, 6) is -0.825. The third-order valence-corrected chi connectivity index (χ3v) is 1.68. The summed E-state index contributed by atoms with van der Waals surface area (Å²) in [5, 5.41) is 0. The van der Waals surface area contributed by atoms with E-state index in [2.05, 4.69) is 9.40 Å². The zero-order chi connectivity index (χ0) is 9.26. The number of hydrogen-bond acceptors (Lipinski definition) is 2. The molecular formula is C9H6FNO2. The Labute approximate surface area is 72.8 Å². The minimum atomic E-state index is -0.515. The van der Waals surface area contributed by atoms with Gasteiger partial charge in [0.15, 0.2) is 0 Å². The van der Waals surface area contributed by atoms with Crippen LogP contribution in [0.4, 0.5) is 4.39 Å². The van der Waals surface area contributed by atoms with Crippen LogP contribution in [0.1, 0.15) is 0 Å². The molecule has 1 aromatic heterocycles. The number of nitrogens with one attached hydrogen (secondary N) is 1. The van der Waals surface area contributed by atoms with Crippen molar-refractivity contribution < 1.29 is 8.81 Å². The van der Waals surface area contributed by atoms with Gasteiger partial charge in [-0.15, -0.1) is 0 Å². The Morgan fingerprint density at radius 2 is 1.92 bits per heavy atom. The lowest BCUT2D eigenvalue weighted by molar-refractivity contribution is 0.515. The number of aromatic nitrogens is 1. The molecule has 0 aliphatic rings. The molecule has 0 spiro atoms. The molecule has 1 aromatic carbocycles. The number of halogens is 1. The van der Waals surface area contributed by atoms with Crippen molar-refractivity contribution in [1.82, 2.24) is 4.98 Å². The van der Waals surface area contributed by atoms with Gasteiger partial charge in [-0.25, -0.2) is 9.18 Å². The van der Waals surface area contributed by atoms with Crippen LogP contribution in [-0.4, -0.2) is 4.98 Å². The van der Waals surface area contributed by atoms with Crippen LogP contribution in [0, 0.1) is 5.82 Å². The lowest BCUT2D eigenvalue weighted by Crippen LogP contribution is -1.94. The van der Waals surface area contributed by atoms with Crippen LogP contribution in [0.2, 0.25) is 0 Å². The summed E-state index contributed by atoms with van der Waals surface area (Å²) >= 11 is 0. The smallest absolute Gasteiger partial charge is 0.416 e. The van der Waals surface area contributed by atoms with Crippen molar-refractivity contribution in [3.05, 3.63) is 46.9 Å². The highest BCUT2D eigenvalue weighted by Crippen LogP contribution is 2.15. The lowest BCUT2D eigenvalue weighted by Gasteiger charge is -1.93. The Balaban J connectivity index is 2.47. The molecule has 1 N–H and O–H groups in total. The molecule has 2 aromatic rings. The van der Waals surface area contributed by atoms with Crippen LogP contribution < -0.4 is 5.76 Å². The first-order valence-electron chi connectivity index (χ1n) is 3.69. The summed E-state index contributed by atoms with van der Waals surface area (Å²) in [6.07, 6.45) is 1.30. The summed E-state index contributed by atoms with van der Waals surface area (Å²) in [6, 6.07) is 5.77. The fourth-order valence-corrected chi connectivity index (χ4v) is 1.05. The van der Waals surface area contributed by atoms with Crippen molar-refractivity contribution in [2.24, 2.45) is 0 Å². The maximum absolute atomic E-state index is 12.5. The molecule has 4 heteroatoms. The second-order valence-corrected chi connectivity index (χ2v) is 2.57. The van der Waals surface area contributed by atoms with Crippen LogP contribution in [-0.2, 0) is 0 Å². The molecule has 0 aliphatic heterocycles. The fourth-order valence-electron chi connectivity index (χ4n) is 1.05. The third-order valence-electron chi connectivity index (χ3n) is 1.68. The Morgan fingerprint density at radius 3 is 2.46 bits per heavy atom. The Bertz CT molecular complexity index is 455. The highest BCUT2D eigenvalue weighted by molar-refractivity contribution is 5.56. The maximum atomic E-state index is 12.5. The van der Waals surface area contributed by atoms with E-state index < -0.39 is 5.76 Å². The van der Waals surface area contributed by atoms with E-state index in [0.717, 1.165) is 0 Å². The van der Waals surface area contributed by atoms with E-state index in [9.17, 15) is 9.18 Å².